The Kier molecular flexibility index (Phi) is 6.59. The molecule has 0 aromatic heterocycles. The second-order valence-electron chi connectivity index (χ2n) is 5.52. The van der Waals surface area contributed by atoms with Gasteiger partial charge < -0.3 is 10.1 Å². The van der Waals surface area contributed by atoms with E-state index in [1.165, 1.54) is 28.5 Å². The Morgan fingerprint density at radius 2 is 1.71 bits per heavy atom. The van der Waals surface area contributed by atoms with Gasteiger partial charge in [-0.15, -0.1) is 12.4 Å². The first-order valence-electron chi connectivity index (χ1n) is 7.77. The van der Waals surface area contributed by atoms with Crippen molar-refractivity contribution in [2.45, 2.75) is 13.0 Å². The molecule has 4 heteroatoms. The Balaban J connectivity index is 0.00000208. The molecule has 3 rings (SSSR count). The third kappa shape index (κ3) is 4.25. The van der Waals surface area contributed by atoms with Crippen molar-refractivity contribution in [3.05, 3.63) is 77.6 Å². The molecule has 0 spiro atoms. The van der Waals surface area contributed by atoms with Crippen molar-refractivity contribution >= 4 is 23.2 Å². The van der Waals surface area contributed by atoms with E-state index in [9.17, 15) is 4.39 Å². The molecule has 0 aliphatic carbocycles. The average molecular weight is 346 g/mol. The number of methoxy groups -OCH3 is 1. The Hall–Kier alpha value is -2.10. The Bertz CT molecular complexity index is 789. The van der Waals surface area contributed by atoms with Crippen molar-refractivity contribution in [2.24, 2.45) is 0 Å². The normalized spacial score (nSPS) is 10.4. The van der Waals surface area contributed by atoms with Gasteiger partial charge in [0.15, 0.2) is 0 Å². The van der Waals surface area contributed by atoms with Crippen molar-refractivity contribution in [1.82, 2.24) is 5.32 Å². The van der Waals surface area contributed by atoms with E-state index >= 15 is 0 Å². The molecule has 3 aromatic carbocycles. The lowest BCUT2D eigenvalue weighted by Gasteiger charge is -2.13. The summed E-state index contributed by atoms with van der Waals surface area (Å²) in [6.07, 6.45) is 0.868. The fraction of sp³-hybridized carbons (Fsp3) is 0.200. The van der Waals surface area contributed by atoms with Gasteiger partial charge in [-0.3, -0.25) is 0 Å². The fourth-order valence-corrected chi connectivity index (χ4v) is 2.79. The summed E-state index contributed by atoms with van der Waals surface area (Å²) in [4.78, 5) is 0. The fourth-order valence-electron chi connectivity index (χ4n) is 2.79. The second kappa shape index (κ2) is 8.67. The first-order valence-corrected chi connectivity index (χ1v) is 7.77. The van der Waals surface area contributed by atoms with E-state index in [-0.39, 0.29) is 18.2 Å². The molecule has 0 atom stereocenters. The monoisotopic (exact) mass is 345 g/mol. The maximum atomic E-state index is 12.9. The standard InChI is InChI=1S/C20H20FNO.ClH/c1-23-20-11-8-16-4-2-3-5-18(16)19(20)14-22-13-12-15-6-9-17(21)10-7-15;/h2-11,22H,12-14H2,1H3;1H. The zero-order chi connectivity index (χ0) is 16.1. The van der Waals surface area contributed by atoms with Crippen LogP contribution in [0.1, 0.15) is 11.1 Å². The van der Waals surface area contributed by atoms with Gasteiger partial charge >= 0.3 is 0 Å². The van der Waals surface area contributed by atoms with Gasteiger partial charge in [0, 0.05) is 12.1 Å². The molecular formula is C20H21ClFNO. The summed E-state index contributed by atoms with van der Waals surface area (Å²) in [6.45, 7) is 1.57. The highest BCUT2D eigenvalue weighted by molar-refractivity contribution is 5.87. The van der Waals surface area contributed by atoms with E-state index in [0.717, 1.165) is 30.8 Å². The van der Waals surface area contributed by atoms with Gasteiger partial charge in [-0.2, -0.15) is 0 Å². The van der Waals surface area contributed by atoms with Crippen LogP contribution in [0.3, 0.4) is 0 Å². The molecule has 0 saturated heterocycles. The molecule has 0 aliphatic rings. The number of benzene rings is 3. The van der Waals surface area contributed by atoms with E-state index in [4.69, 9.17) is 4.74 Å². The summed E-state index contributed by atoms with van der Waals surface area (Å²) in [5.41, 5.74) is 2.30. The molecule has 0 saturated carbocycles. The van der Waals surface area contributed by atoms with E-state index in [2.05, 4.69) is 23.5 Å². The minimum atomic E-state index is -0.192. The van der Waals surface area contributed by atoms with Crippen LogP contribution in [0.25, 0.3) is 10.8 Å². The van der Waals surface area contributed by atoms with Crippen molar-refractivity contribution in [1.29, 1.82) is 0 Å². The molecule has 126 valence electrons. The van der Waals surface area contributed by atoms with Gasteiger partial charge in [0.1, 0.15) is 11.6 Å². The molecule has 1 N–H and O–H groups in total. The number of fused-ring (bicyclic) bond motifs is 1. The lowest BCUT2D eigenvalue weighted by molar-refractivity contribution is 0.409. The lowest BCUT2D eigenvalue weighted by Crippen LogP contribution is -2.17. The summed E-state index contributed by atoms with van der Waals surface area (Å²) in [5.74, 6) is 0.709. The largest absolute Gasteiger partial charge is 0.496 e. The highest BCUT2D eigenvalue weighted by Crippen LogP contribution is 2.27. The van der Waals surface area contributed by atoms with Crippen molar-refractivity contribution in [3.8, 4) is 5.75 Å². The molecule has 2 nitrogen and oxygen atoms in total. The molecular weight excluding hydrogens is 325 g/mol. The van der Waals surface area contributed by atoms with Crippen LogP contribution in [0.2, 0.25) is 0 Å². The van der Waals surface area contributed by atoms with Crippen LogP contribution < -0.4 is 10.1 Å². The smallest absolute Gasteiger partial charge is 0.123 e. The predicted molar refractivity (Wildman–Crippen MR) is 99.6 cm³/mol. The van der Waals surface area contributed by atoms with Crippen LogP contribution in [0.4, 0.5) is 4.39 Å². The van der Waals surface area contributed by atoms with Crippen molar-refractivity contribution in [2.75, 3.05) is 13.7 Å². The van der Waals surface area contributed by atoms with E-state index in [1.807, 2.05) is 30.3 Å². The highest BCUT2D eigenvalue weighted by Gasteiger charge is 2.07. The maximum Gasteiger partial charge on any atom is 0.123 e. The van der Waals surface area contributed by atoms with Gasteiger partial charge in [0.25, 0.3) is 0 Å². The number of halogens is 2. The molecule has 0 unspecified atom stereocenters. The first kappa shape index (κ1) is 18.2. The third-order valence-corrected chi connectivity index (χ3v) is 4.02. The van der Waals surface area contributed by atoms with Crippen LogP contribution in [0, 0.1) is 5.82 Å². The SMILES string of the molecule is COc1ccc2ccccc2c1CNCCc1ccc(F)cc1.Cl. The summed E-state index contributed by atoms with van der Waals surface area (Å²) < 4.78 is 18.4. The highest BCUT2D eigenvalue weighted by atomic mass is 35.5. The van der Waals surface area contributed by atoms with Crippen LogP contribution in [-0.2, 0) is 13.0 Å². The summed E-state index contributed by atoms with van der Waals surface area (Å²) in [7, 11) is 1.70. The maximum absolute atomic E-state index is 12.9. The van der Waals surface area contributed by atoms with Crippen LogP contribution in [0.15, 0.2) is 60.7 Å². The van der Waals surface area contributed by atoms with Gasteiger partial charge in [-0.25, -0.2) is 4.39 Å². The van der Waals surface area contributed by atoms with Gasteiger partial charge in [-0.05, 0) is 47.5 Å². The van der Waals surface area contributed by atoms with Gasteiger partial charge in [-0.1, -0.05) is 42.5 Å². The Morgan fingerprint density at radius 1 is 0.958 bits per heavy atom. The number of ether oxygens (including phenoxy) is 1. The van der Waals surface area contributed by atoms with E-state index < -0.39 is 0 Å². The molecule has 3 aromatic rings. The van der Waals surface area contributed by atoms with E-state index in [1.54, 1.807) is 7.11 Å². The zero-order valence-electron chi connectivity index (χ0n) is 13.6. The molecule has 0 radical (unpaired) electrons. The Morgan fingerprint density at radius 3 is 2.46 bits per heavy atom. The number of hydrogen-bond donors (Lipinski definition) is 1. The molecule has 0 fully saturated rings. The molecule has 0 aliphatic heterocycles. The minimum absolute atomic E-state index is 0. The van der Waals surface area contributed by atoms with Crippen LogP contribution in [-0.4, -0.2) is 13.7 Å². The molecule has 0 amide bonds. The molecule has 0 bridgehead atoms. The van der Waals surface area contributed by atoms with Crippen molar-refractivity contribution in [3.63, 3.8) is 0 Å². The number of nitrogens with one attached hydrogen (secondary N) is 1. The second-order valence-corrected chi connectivity index (χ2v) is 5.52. The van der Waals surface area contributed by atoms with Crippen LogP contribution >= 0.6 is 12.4 Å². The average Bonchev–Trinajstić information content (AvgIpc) is 2.60. The summed E-state index contributed by atoms with van der Waals surface area (Å²) >= 11 is 0. The van der Waals surface area contributed by atoms with Crippen LogP contribution in [0.5, 0.6) is 5.75 Å². The number of rotatable bonds is 6. The third-order valence-electron chi connectivity index (χ3n) is 4.02. The number of hydrogen-bond acceptors (Lipinski definition) is 2. The zero-order valence-corrected chi connectivity index (χ0v) is 14.4. The summed E-state index contributed by atoms with van der Waals surface area (Å²) in [5, 5.41) is 5.88. The topological polar surface area (TPSA) is 21.3 Å². The van der Waals surface area contributed by atoms with Gasteiger partial charge in [0.05, 0.1) is 7.11 Å². The van der Waals surface area contributed by atoms with Crippen molar-refractivity contribution < 1.29 is 9.13 Å². The quantitative estimate of drug-likeness (QED) is 0.651. The van der Waals surface area contributed by atoms with E-state index in [0.29, 0.717) is 0 Å². The predicted octanol–water partition coefficient (Wildman–Crippen LogP) is 4.74. The Labute approximate surface area is 148 Å². The molecule has 24 heavy (non-hydrogen) atoms. The lowest BCUT2D eigenvalue weighted by atomic mass is 10.0. The molecule has 0 heterocycles. The van der Waals surface area contributed by atoms with Gasteiger partial charge in [0.2, 0.25) is 0 Å². The summed E-state index contributed by atoms with van der Waals surface area (Å²) in [6, 6.07) is 19.1. The minimum Gasteiger partial charge on any atom is -0.496 e. The first-order chi connectivity index (χ1) is 11.3.